The molecular weight excluding hydrogens is 586 g/mol. The predicted octanol–water partition coefficient (Wildman–Crippen LogP) is 7.47. The van der Waals surface area contributed by atoms with Crippen molar-refractivity contribution < 1.29 is 33.0 Å². The van der Waals surface area contributed by atoms with Gasteiger partial charge in [-0.05, 0) is 90.1 Å². The predicted molar refractivity (Wildman–Crippen MR) is 181 cm³/mol. The molecule has 0 aliphatic carbocycles. The van der Waals surface area contributed by atoms with Gasteiger partial charge in [0.1, 0.15) is 22.8 Å². The van der Waals surface area contributed by atoms with Gasteiger partial charge in [0.25, 0.3) is 8.32 Å². The number of carbonyl (C=O) groups excluding carboxylic acids is 3. The van der Waals surface area contributed by atoms with Crippen molar-refractivity contribution in [2.75, 3.05) is 6.61 Å². The maximum Gasteiger partial charge on any atom is 0.420 e. The smallest absolute Gasteiger partial charge is 0.420 e. The SMILES string of the molecule is C[C@@H](CO[Si](c1ccccc1)(c1ccccc1)C(C)(C)C)C[C@@H](C(=O)OC(C)(C)C)N(C(=O)OC(C)(C)C)C(=O)OC(C)(C)C. The zero-order chi connectivity index (χ0) is 34.4. The first-order valence-corrected chi connectivity index (χ1v) is 17.6. The number of ether oxygens (including phenoxy) is 3. The molecule has 0 saturated heterocycles. The summed E-state index contributed by atoms with van der Waals surface area (Å²) in [7, 11) is -2.88. The maximum atomic E-state index is 13.8. The quantitative estimate of drug-likeness (QED) is 0.159. The monoisotopic (exact) mass is 641 g/mol. The van der Waals surface area contributed by atoms with Crippen LogP contribution in [0.2, 0.25) is 5.04 Å². The fourth-order valence-electron chi connectivity index (χ4n) is 5.11. The molecule has 0 aliphatic rings. The Morgan fingerprint density at radius 1 is 0.644 bits per heavy atom. The van der Waals surface area contributed by atoms with Gasteiger partial charge in [0.15, 0.2) is 0 Å². The average molecular weight is 642 g/mol. The third-order valence-electron chi connectivity index (χ3n) is 6.80. The van der Waals surface area contributed by atoms with Crippen molar-refractivity contribution in [2.24, 2.45) is 5.92 Å². The van der Waals surface area contributed by atoms with Crippen molar-refractivity contribution in [3.8, 4) is 0 Å². The molecule has 2 amide bonds. The molecule has 2 aromatic carbocycles. The van der Waals surface area contributed by atoms with E-state index in [1.54, 1.807) is 62.3 Å². The first-order chi connectivity index (χ1) is 20.5. The summed E-state index contributed by atoms with van der Waals surface area (Å²) < 4.78 is 24.1. The van der Waals surface area contributed by atoms with Gasteiger partial charge in [-0.2, -0.15) is 4.90 Å². The Bertz CT molecular complexity index is 1200. The number of carbonyl (C=O) groups is 3. The third kappa shape index (κ3) is 11.0. The topological polar surface area (TPSA) is 91.4 Å². The van der Waals surface area contributed by atoms with Crippen LogP contribution in [0.1, 0.15) is 96.4 Å². The Morgan fingerprint density at radius 2 is 1.02 bits per heavy atom. The normalized spacial score (nSPS) is 14.2. The van der Waals surface area contributed by atoms with Crippen molar-refractivity contribution in [3.63, 3.8) is 0 Å². The highest BCUT2D eigenvalue weighted by Crippen LogP contribution is 2.37. The van der Waals surface area contributed by atoms with Crippen molar-refractivity contribution >= 4 is 36.8 Å². The minimum Gasteiger partial charge on any atom is -0.458 e. The van der Waals surface area contributed by atoms with Crippen LogP contribution in [0.5, 0.6) is 0 Å². The number of rotatable bonds is 9. The van der Waals surface area contributed by atoms with Gasteiger partial charge in [-0.25, -0.2) is 14.4 Å². The van der Waals surface area contributed by atoms with Crippen molar-refractivity contribution in [3.05, 3.63) is 60.7 Å². The minimum absolute atomic E-state index is 0.0750. The van der Waals surface area contributed by atoms with E-state index in [4.69, 9.17) is 18.6 Å². The summed E-state index contributed by atoms with van der Waals surface area (Å²) in [5.74, 6) is -1.01. The molecule has 9 heteroatoms. The highest BCUT2D eigenvalue weighted by Gasteiger charge is 2.50. The van der Waals surface area contributed by atoms with E-state index in [-0.39, 0.29) is 24.0 Å². The van der Waals surface area contributed by atoms with Crippen molar-refractivity contribution in [2.45, 2.75) is 124 Å². The van der Waals surface area contributed by atoms with Gasteiger partial charge in [0, 0.05) is 6.61 Å². The van der Waals surface area contributed by atoms with Gasteiger partial charge in [0.05, 0.1) is 0 Å². The first kappa shape index (κ1) is 38.0. The van der Waals surface area contributed by atoms with E-state index in [1.165, 1.54) is 0 Å². The number of benzene rings is 2. The summed E-state index contributed by atoms with van der Waals surface area (Å²) in [6, 6.07) is 19.2. The lowest BCUT2D eigenvalue weighted by Gasteiger charge is -2.43. The Kier molecular flexibility index (Phi) is 12.2. The van der Waals surface area contributed by atoms with Crippen LogP contribution in [-0.4, -0.2) is 60.8 Å². The molecule has 2 aromatic rings. The fraction of sp³-hybridized carbons (Fsp3) is 0.583. The van der Waals surface area contributed by atoms with E-state index in [1.807, 2.05) is 43.3 Å². The van der Waals surface area contributed by atoms with E-state index in [0.29, 0.717) is 0 Å². The van der Waals surface area contributed by atoms with E-state index in [2.05, 4.69) is 45.0 Å². The molecule has 0 aromatic heterocycles. The second-order valence-corrected chi connectivity index (χ2v) is 20.0. The molecule has 0 unspecified atom stereocenters. The van der Waals surface area contributed by atoms with E-state index in [0.717, 1.165) is 15.3 Å². The lowest BCUT2D eigenvalue weighted by atomic mass is 10.0. The van der Waals surface area contributed by atoms with Crippen molar-refractivity contribution in [1.29, 1.82) is 0 Å². The molecule has 0 radical (unpaired) electrons. The molecule has 0 saturated carbocycles. The molecule has 0 spiro atoms. The van der Waals surface area contributed by atoms with Crippen LogP contribution in [0.25, 0.3) is 0 Å². The average Bonchev–Trinajstić information content (AvgIpc) is 2.86. The number of hydrogen-bond donors (Lipinski definition) is 0. The minimum atomic E-state index is -2.88. The first-order valence-electron chi connectivity index (χ1n) is 15.7. The Hall–Kier alpha value is -3.17. The van der Waals surface area contributed by atoms with Crippen LogP contribution >= 0.6 is 0 Å². The largest absolute Gasteiger partial charge is 0.458 e. The molecule has 2 rings (SSSR count). The van der Waals surface area contributed by atoms with E-state index < -0.39 is 49.3 Å². The Morgan fingerprint density at radius 3 is 1.36 bits per heavy atom. The number of nitrogens with zero attached hydrogens (tertiary/aromatic N) is 1. The van der Waals surface area contributed by atoms with Crippen LogP contribution < -0.4 is 10.4 Å². The molecule has 2 atom stereocenters. The van der Waals surface area contributed by atoms with Crippen LogP contribution in [0.4, 0.5) is 9.59 Å². The van der Waals surface area contributed by atoms with Gasteiger partial charge in [0.2, 0.25) is 0 Å². The second-order valence-electron chi connectivity index (χ2n) is 15.7. The zero-order valence-corrected chi connectivity index (χ0v) is 30.6. The van der Waals surface area contributed by atoms with Crippen LogP contribution in [0.3, 0.4) is 0 Å². The molecule has 0 heterocycles. The molecule has 8 nitrogen and oxygen atoms in total. The third-order valence-corrected chi connectivity index (χ3v) is 11.8. The molecule has 0 bridgehead atoms. The van der Waals surface area contributed by atoms with Crippen LogP contribution in [0.15, 0.2) is 60.7 Å². The number of hydrogen-bond acceptors (Lipinski definition) is 7. The molecular formula is C36H55NO7Si. The number of esters is 1. The van der Waals surface area contributed by atoms with Crippen molar-refractivity contribution in [1.82, 2.24) is 4.90 Å². The summed E-state index contributed by atoms with van der Waals surface area (Å²) >= 11 is 0. The summed E-state index contributed by atoms with van der Waals surface area (Å²) in [5.41, 5.74) is -2.71. The number of amides is 2. The summed E-state index contributed by atoms with van der Waals surface area (Å²) in [6.45, 7) is 24.2. The van der Waals surface area contributed by atoms with Gasteiger partial charge in [-0.1, -0.05) is 88.4 Å². The highest BCUT2D eigenvalue weighted by atomic mass is 28.4. The van der Waals surface area contributed by atoms with Gasteiger partial charge in [-0.3, -0.25) is 0 Å². The lowest BCUT2D eigenvalue weighted by molar-refractivity contribution is -0.161. The Labute approximate surface area is 271 Å². The fourth-order valence-corrected chi connectivity index (χ4v) is 9.80. The maximum absolute atomic E-state index is 13.8. The second kappa shape index (κ2) is 14.5. The summed E-state index contributed by atoms with van der Waals surface area (Å²) in [6.07, 6.45) is -1.88. The molecule has 0 aliphatic heterocycles. The highest BCUT2D eigenvalue weighted by molar-refractivity contribution is 6.99. The zero-order valence-electron chi connectivity index (χ0n) is 29.6. The van der Waals surface area contributed by atoms with Crippen LogP contribution in [0, 0.1) is 5.92 Å². The lowest BCUT2D eigenvalue weighted by Crippen LogP contribution is -2.67. The van der Waals surface area contributed by atoms with E-state index in [9.17, 15) is 14.4 Å². The van der Waals surface area contributed by atoms with Gasteiger partial charge < -0.3 is 18.6 Å². The molecule has 250 valence electrons. The van der Waals surface area contributed by atoms with Gasteiger partial charge >= 0.3 is 18.2 Å². The molecule has 45 heavy (non-hydrogen) atoms. The van der Waals surface area contributed by atoms with Gasteiger partial charge in [-0.15, -0.1) is 0 Å². The van der Waals surface area contributed by atoms with Crippen LogP contribution in [-0.2, 0) is 23.4 Å². The summed E-state index contributed by atoms with van der Waals surface area (Å²) in [4.78, 5) is 41.7. The molecule has 0 fully saturated rings. The standard InChI is InChI=1S/C36H55NO7Si/c1-26(25-41-45(36(11,12)13,27-20-16-14-17-21-27)28-22-18-15-19-23-28)24-29(30(38)42-33(2,3)4)37(31(39)43-34(5,6)7)32(40)44-35(8,9)10/h14-23,26,29H,24-25H2,1-13H3/t26-,29+/m1/s1. The Balaban J connectivity index is 2.58. The number of imide groups is 1. The summed E-state index contributed by atoms with van der Waals surface area (Å²) in [5, 5.41) is 2.01. The van der Waals surface area contributed by atoms with E-state index >= 15 is 0 Å². The molecule has 0 N–H and O–H groups in total.